The number of piperidine rings is 1. The molecule has 2 aliphatic rings. The maximum atomic E-state index is 13.0. The second kappa shape index (κ2) is 8.37. The summed E-state index contributed by atoms with van der Waals surface area (Å²) < 4.78 is 6.81. The van der Waals surface area contributed by atoms with Gasteiger partial charge in [-0.3, -0.25) is 0 Å². The fraction of sp³-hybridized carbons (Fsp3) is 0.583. The summed E-state index contributed by atoms with van der Waals surface area (Å²) in [6.45, 7) is 10.7. The van der Waals surface area contributed by atoms with E-state index in [-0.39, 0.29) is 12.1 Å². The van der Waals surface area contributed by atoms with Crippen molar-refractivity contribution in [2.45, 2.75) is 71.4 Å². The molecule has 1 atom stereocenters. The van der Waals surface area contributed by atoms with Crippen molar-refractivity contribution in [1.82, 2.24) is 9.88 Å². The maximum absolute atomic E-state index is 13.0. The fourth-order valence-electron chi connectivity index (χ4n) is 4.54. The number of aromatic nitrogens is 1. The van der Waals surface area contributed by atoms with Crippen LogP contribution in [0.15, 0.2) is 22.7 Å². The van der Waals surface area contributed by atoms with E-state index < -0.39 is 5.60 Å². The third-order valence-electron chi connectivity index (χ3n) is 6.00. The number of ether oxygens (including phenoxy) is 1. The van der Waals surface area contributed by atoms with E-state index in [4.69, 9.17) is 9.72 Å². The molecule has 2 aromatic rings. The summed E-state index contributed by atoms with van der Waals surface area (Å²) in [7, 11) is 0. The number of aryl methyl sites for hydroxylation is 1. The van der Waals surface area contributed by atoms with Gasteiger partial charge in [0.05, 0.1) is 11.6 Å². The lowest BCUT2D eigenvalue weighted by Crippen LogP contribution is -2.37. The molecule has 1 unspecified atom stereocenters. The predicted molar refractivity (Wildman–Crippen MR) is 125 cm³/mol. The second-order valence-electron chi connectivity index (χ2n) is 9.57. The molecule has 0 radical (unpaired) electrons. The summed E-state index contributed by atoms with van der Waals surface area (Å²) in [4.78, 5) is 22.4. The van der Waals surface area contributed by atoms with Crippen molar-refractivity contribution in [3.63, 3.8) is 0 Å². The summed E-state index contributed by atoms with van der Waals surface area (Å²) in [5.74, 6) is 1.05. The topological polar surface area (TPSA) is 45.7 Å². The van der Waals surface area contributed by atoms with E-state index in [9.17, 15) is 4.79 Å². The number of carbonyl (C=O) groups excluding carboxylic acids is 1. The Bertz CT molecular complexity index is 948. The maximum Gasteiger partial charge on any atom is 0.410 e. The minimum absolute atomic E-state index is 0.00811. The lowest BCUT2D eigenvalue weighted by atomic mass is 10.0. The zero-order chi connectivity index (χ0) is 21.5. The molecule has 4 rings (SSSR count). The Morgan fingerprint density at radius 2 is 1.83 bits per heavy atom. The highest BCUT2D eigenvalue weighted by Crippen LogP contribution is 2.40. The number of pyridine rings is 1. The molecular weight excluding hydrogens is 442 g/mol. The van der Waals surface area contributed by atoms with Crippen molar-refractivity contribution in [3.05, 3.63) is 33.8 Å². The van der Waals surface area contributed by atoms with Gasteiger partial charge in [-0.15, -0.1) is 0 Å². The number of hydrogen-bond acceptors (Lipinski definition) is 4. The molecule has 1 amide bonds. The molecule has 0 aliphatic carbocycles. The highest BCUT2D eigenvalue weighted by Gasteiger charge is 2.36. The molecule has 0 saturated carbocycles. The fourth-order valence-corrected chi connectivity index (χ4v) is 4.90. The zero-order valence-electron chi connectivity index (χ0n) is 18.5. The van der Waals surface area contributed by atoms with Crippen LogP contribution in [0.3, 0.4) is 0 Å². The number of likely N-dealkylation sites (tertiary alicyclic amines) is 1. The number of amides is 1. The highest BCUT2D eigenvalue weighted by atomic mass is 79.9. The Labute approximate surface area is 187 Å². The van der Waals surface area contributed by atoms with Gasteiger partial charge in [0.1, 0.15) is 11.4 Å². The molecule has 2 fully saturated rings. The first kappa shape index (κ1) is 21.4. The summed E-state index contributed by atoms with van der Waals surface area (Å²) in [6, 6.07) is 6.56. The summed E-state index contributed by atoms with van der Waals surface area (Å²) in [5, 5.41) is 1.11. The Balaban J connectivity index is 1.78. The smallest absolute Gasteiger partial charge is 0.410 e. The van der Waals surface area contributed by atoms with Crippen LogP contribution in [0.1, 0.15) is 70.0 Å². The number of anilines is 1. The Morgan fingerprint density at radius 1 is 1.10 bits per heavy atom. The molecular formula is C24H32BrN3O2. The van der Waals surface area contributed by atoms with Crippen LogP contribution in [0.5, 0.6) is 0 Å². The molecule has 5 nitrogen and oxygen atoms in total. The third kappa shape index (κ3) is 4.43. The Kier molecular flexibility index (Phi) is 5.97. The average Bonchev–Trinajstić information content (AvgIpc) is 3.17. The third-order valence-corrected chi connectivity index (χ3v) is 6.85. The van der Waals surface area contributed by atoms with Gasteiger partial charge in [-0.1, -0.05) is 15.9 Å². The van der Waals surface area contributed by atoms with E-state index in [2.05, 4.69) is 46.0 Å². The quantitative estimate of drug-likeness (QED) is 0.508. The largest absolute Gasteiger partial charge is 0.444 e. The van der Waals surface area contributed by atoms with E-state index in [1.807, 2.05) is 25.7 Å². The van der Waals surface area contributed by atoms with Gasteiger partial charge in [-0.05, 0) is 83.6 Å². The van der Waals surface area contributed by atoms with E-state index >= 15 is 0 Å². The van der Waals surface area contributed by atoms with E-state index in [0.717, 1.165) is 59.2 Å². The second-order valence-corrected chi connectivity index (χ2v) is 10.4. The van der Waals surface area contributed by atoms with E-state index in [0.29, 0.717) is 0 Å². The number of halogens is 1. The minimum atomic E-state index is -0.496. The van der Waals surface area contributed by atoms with Crippen LogP contribution in [0.25, 0.3) is 10.9 Å². The van der Waals surface area contributed by atoms with Crippen molar-refractivity contribution < 1.29 is 9.53 Å². The van der Waals surface area contributed by atoms with Crippen LogP contribution in [0, 0.1) is 6.92 Å². The lowest BCUT2D eigenvalue weighted by molar-refractivity contribution is 0.0224. The summed E-state index contributed by atoms with van der Waals surface area (Å²) in [6.07, 6.45) is 5.37. The van der Waals surface area contributed by atoms with Crippen molar-refractivity contribution >= 4 is 38.7 Å². The number of benzene rings is 1. The molecule has 30 heavy (non-hydrogen) atoms. The van der Waals surface area contributed by atoms with Crippen LogP contribution in [-0.2, 0) is 4.74 Å². The van der Waals surface area contributed by atoms with Gasteiger partial charge >= 0.3 is 6.09 Å². The van der Waals surface area contributed by atoms with E-state index in [1.54, 1.807) is 0 Å². The van der Waals surface area contributed by atoms with Crippen LogP contribution < -0.4 is 4.90 Å². The minimum Gasteiger partial charge on any atom is -0.444 e. The molecule has 1 aromatic heterocycles. The number of fused-ring (bicyclic) bond motifs is 1. The summed E-state index contributed by atoms with van der Waals surface area (Å²) >= 11 is 3.66. The number of hydrogen-bond donors (Lipinski definition) is 0. The molecule has 1 aromatic carbocycles. The van der Waals surface area contributed by atoms with Crippen molar-refractivity contribution in [1.29, 1.82) is 0 Å². The first-order chi connectivity index (χ1) is 14.2. The van der Waals surface area contributed by atoms with Gasteiger partial charge in [-0.2, -0.15) is 0 Å². The van der Waals surface area contributed by atoms with Gasteiger partial charge < -0.3 is 14.5 Å². The lowest BCUT2D eigenvalue weighted by Gasteiger charge is -2.34. The first-order valence-electron chi connectivity index (χ1n) is 11.1. The van der Waals surface area contributed by atoms with Crippen LogP contribution >= 0.6 is 15.9 Å². The molecule has 6 heteroatoms. The van der Waals surface area contributed by atoms with Crippen LogP contribution in [0.4, 0.5) is 10.6 Å². The molecule has 0 bridgehead atoms. The summed E-state index contributed by atoms with van der Waals surface area (Å²) in [5.41, 5.74) is 2.86. The van der Waals surface area contributed by atoms with E-state index in [1.165, 1.54) is 24.8 Å². The molecule has 2 saturated heterocycles. The normalized spacial score (nSPS) is 20.1. The monoisotopic (exact) mass is 473 g/mol. The number of carbonyl (C=O) groups is 1. The predicted octanol–water partition coefficient (Wildman–Crippen LogP) is 6.37. The Hall–Kier alpha value is -1.82. The van der Waals surface area contributed by atoms with Crippen molar-refractivity contribution in [2.75, 3.05) is 24.5 Å². The van der Waals surface area contributed by atoms with Gasteiger partial charge in [0, 0.05) is 35.1 Å². The van der Waals surface area contributed by atoms with Crippen LogP contribution in [-0.4, -0.2) is 41.2 Å². The molecule has 162 valence electrons. The molecule has 2 aliphatic heterocycles. The molecule has 0 spiro atoms. The number of nitrogens with zero attached hydrogens (tertiary/aromatic N) is 3. The first-order valence-corrected chi connectivity index (χ1v) is 11.9. The Morgan fingerprint density at radius 3 is 2.53 bits per heavy atom. The van der Waals surface area contributed by atoms with Crippen LogP contribution in [0.2, 0.25) is 0 Å². The van der Waals surface area contributed by atoms with Gasteiger partial charge in [-0.25, -0.2) is 9.78 Å². The van der Waals surface area contributed by atoms with Gasteiger partial charge in [0.15, 0.2) is 0 Å². The van der Waals surface area contributed by atoms with Crippen molar-refractivity contribution in [3.8, 4) is 0 Å². The average molecular weight is 474 g/mol. The SMILES string of the molecule is Cc1cc2nc(N3CCCCC3)c(C3CCCN3C(=O)OC(C)(C)C)cc2cc1Br. The molecule has 3 heterocycles. The molecule has 0 N–H and O–H groups in total. The zero-order valence-corrected chi connectivity index (χ0v) is 20.1. The number of rotatable bonds is 2. The van der Waals surface area contributed by atoms with Crippen molar-refractivity contribution in [2.24, 2.45) is 0 Å². The standard InChI is InChI=1S/C24H32BrN3O2/c1-16-13-20-17(15-19(16)25)14-18(22(26-20)27-10-6-5-7-11-27)21-9-8-12-28(21)23(29)30-24(2,3)4/h13-15,21H,5-12H2,1-4H3. The highest BCUT2D eigenvalue weighted by molar-refractivity contribution is 9.10. The van der Waals surface area contributed by atoms with Gasteiger partial charge in [0.25, 0.3) is 0 Å². The van der Waals surface area contributed by atoms with Gasteiger partial charge in [0.2, 0.25) is 0 Å².